The number of carbonyl (C=O) groups is 1. The number of rotatable bonds is 8. The van der Waals surface area contributed by atoms with E-state index in [4.69, 9.17) is 9.84 Å². The fourth-order valence-electron chi connectivity index (χ4n) is 4.35. The summed E-state index contributed by atoms with van der Waals surface area (Å²) in [5.41, 5.74) is 9.18. The third-order valence-electron chi connectivity index (χ3n) is 6.05. The molecule has 0 fully saturated rings. The van der Waals surface area contributed by atoms with Crippen molar-refractivity contribution in [2.24, 2.45) is 0 Å². The Bertz CT molecular complexity index is 1600. The van der Waals surface area contributed by atoms with Gasteiger partial charge in [-0.15, -0.1) is 11.3 Å². The van der Waals surface area contributed by atoms with Gasteiger partial charge in [-0.1, -0.05) is 67.6 Å². The Kier molecular flexibility index (Phi) is 7.24. The molecule has 0 spiro atoms. The fourth-order valence-corrected chi connectivity index (χ4v) is 5.01. The maximum absolute atomic E-state index is 10.9. The van der Waals surface area contributed by atoms with E-state index in [1.807, 2.05) is 72.2 Å². The van der Waals surface area contributed by atoms with Crippen LogP contribution in [0.3, 0.4) is 0 Å². The second kappa shape index (κ2) is 11.1. The molecule has 5 heteroatoms. The molecule has 5 rings (SSSR count). The van der Waals surface area contributed by atoms with Crippen LogP contribution in [0.15, 0.2) is 109 Å². The zero-order chi connectivity index (χ0) is 25.6. The van der Waals surface area contributed by atoms with Crippen LogP contribution in [0.25, 0.3) is 27.4 Å². The van der Waals surface area contributed by atoms with Gasteiger partial charge in [0.15, 0.2) is 0 Å². The summed E-state index contributed by atoms with van der Waals surface area (Å²) >= 11 is 1.63. The number of carboxylic acid groups (broad SMARTS) is 1. The summed E-state index contributed by atoms with van der Waals surface area (Å²) in [5, 5.41) is 8.97. The molecular formula is C32H25NO3S. The van der Waals surface area contributed by atoms with Crippen molar-refractivity contribution >= 4 is 44.7 Å². The van der Waals surface area contributed by atoms with Crippen LogP contribution in [0, 0.1) is 0 Å². The van der Waals surface area contributed by atoms with Crippen molar-refractivity contribution in [3.63, 3.8) is 0 Å². The molecule has 0 radical (unpaired) electrons. The van der Waals surface area contributed by atoms with E-state index in [0.29, 0.717) is 0 Å². The van der Waals surface area contributed by atoms with Gasteiger partial charge in [0, 0.05) is 6.08 Å². The highest BCUT2D eigenvalue weighted by Crippen LogP contribution is 2.37. The summed E-state index contributed by atoms with van der Waals surface area (Å²) in [4.78, 5) is 15.5. The van der Waals surface area contributed by atoms with Crippen molar-refractivity contribution in [3.05, 3.63) is 131 Å². The van der Waals surface area contributed by atoms with Crippen LogP contribution in [-0.4, -0.2) is 16.1 Å². The number of carboxylic acids is 1. The molecule has 1 aromatic heterocycles. The molecule has 1 N–H and O–H groups in total. The lowest BCUT2D eigenvalue weighted by Gasteiger charge is -2.17. The van der Waals surface area contributed by atoms with Crippen LogP contribution in [0.4, 0.5) is 0 Å². The first-order chi connectivity index (χ1) is 18.1. The van der Waals surface area contributed by atoms with Crippen LogP contribution in [-0.2, 0) is 4.79 Å². The fraction of sp³-hybridized carbons (Fsp3) is 0.0625. The van der Waals surface area contributed by atoms with Gasteiger partial charge in [-0.25, -0.2) is 9.78 Å². The summed E-state index contributed by atoms with van der Waals surface area (Å²) in [5.74, 6) is 0.603. The van der Waals surface area contributed by atoms with Gasteiger partial charge in [-0.2, -0.15) is 0 Å². The van der Waals surface area contributed by atoms with Crippen molar-refractivity contribution in [2.75, 3.05) is 0 Å². The predicted molar refractivity (Wildman–Crippen MR) is 152 cm³/mol. The number of aromatic nitrogens is 1. The predicted octanol–water partition coefficient (Wildman–Crippen LogP) is 8.56. The first-order valence-electron chi connectivity index (χ1n) is 12.0. The second-order valence-electron chi connectivity index (χ2n) is 8.48. The maximum Gasteiger partial charge on any atom is 0.328 e. The summed E-state index contributed by atoms with van der Waals surface area (Å²) < 4.78 is 7.27. The quantitative estimate of drug-likeness (QED) is 0.170. The van der Waals surface area contributed by atoms with Crippen molar-refractivity contribution in [2.45, 2.75) is 13.3 Å². The highest BCUT2D eigenvalue weighted by Gasteiger charge is 2.15. The van der Waals surface area contributed by atoms with Crippen LogP contribution in [0.5, 0.6) is 11.5 Å². The number of thiazole rings is 1. The number of nitrogens with zero attached hydrogens (tertiary/aromatic N) is 1. The molecule has 0 atom stereocenters. The van der Waals surface area contributed by atoms with Gasteiger partial charge in [-0.3, -0.25) is 0 Å². The Morgan fingerprint density at radius 2 is 1.62 bits per heavy atom. The van der Waals surface area contributed by atoms with Crippen molar-refractivity contribution in [3.8, 4) is 11.5 Å². The third kappa shape index (κ3) is 5.68. The second-order valence-corrected chi connectivity index (χ2v) is 9.36. The number of aliphatic carboxylic acids is 1. The molecule has 0 saturated heterocycles. The molecule has 4 aromatic carbocycles. The molecule has 0 bridgehead atoms. The van der Waals surface area contributed by atoms with E-state index in [1.54, 1.807) is 17.4 Å². The first-order valence-corrected chi connectivity index (χ1v) is 12.9. The normalized spacial score (nSPS) is 12.0. The van der Waals surface area contributed by atoms with Gasteiger partial charge in [0.05, 0.1) is 15.7 Å². The Hall–Kier alpha value is -4.48. The molecule has 1 heterocycles. The Morgan fingerprint density at radius 1 is 0.865 bits per heavy atom. The topological polar surface area (TPSA) is 59.4 Å². The van der Waals surface area contributed by atoms with Gasteiger partial charge in [0.2, 0.25) is 0 Å². The van der Waals surface area contributed by atoms with Gasteiger partial charge in [0.1, 0.15) is 11.5 Å². The number of allylic oxidation sites excluding steroid dienone is 1. The number of ether oxygens (including phenoxy) is 1. The molecule has 4 nitrogen and oxygen atoms in total. The van der Waals surface area contributed by atoms with Crippen molar-refractivity contribution in [1.82, 2.24) is 4.98 Å². The number of fused-ring (bicyclic) bond motifs is 1. The third-order valence-corrected chi connectivity index (χ3v) is 6.86. The molecule has 0 aliphatic heterocycles. The lowest BCUT2D eigenvalue weighted by molar-refractivity contribution is -0.131. The number of para-hydroxylation sites is 1. The van der Waals surface area contributed by atoms with Gasteiger partial charge in [0.25, 0.3) is 0 Å². The van der Waals surface area contributed by atoms with Crippen LogP contribution < -0.4 is 4.74 Å². The molecule has 182 valence electrons. The zero-order valence-electron chi connectivity index (χ0n) is 20.3. The summed E-state index contributed by atoms with van der Waals surface area (Å²) in [6.45, 7) is 2.16. The Labute approximate surface area is 219 Å². The Balaban J connectivity index is 1.63. The standard InChI is InChI=1S/C32H25NO3S/c1-2-28(24-7-6-10-27(19-24)36-26-8-4-3-5-9-26)32(25-16-17-30-29(20-25)33-21-37-30)23-14-11-22(12-15-23)13-18-31(34)35/h3-21H,2H2,1H3,(H,34,35). The molecule has 0 saturated carbocycles. The highest BCUT2D eigenvalue weighted by molar-refractivity contribution is 7.16. The highest BCUT2D eigenvalue weighted by atomic mass is 32.1. The minimum Gasteiger partial charge on any atom is -0.478 e. The monoisotopic (exact) mass is 503 g/mol. The molecular weight excluding hydrogens is 478 g/mol. The van der Waals surface area contributed by atoms with E-state index in [-0.39, 0.29) is 0 Å². The average molecular weight is 504 g/mol. The van der Waals surface area contributed by atoms with E-state index in [2.05, 4.69) is 42.2 Å². The number of benzene rings is 4. The summed E-state index contributed by atoms with van der Waals surface area (Å²) in [7, 11) is 0. The van der Waals surface area contributed by atoms with E-state index in [0.717, 1.165) is 62.0 Å². The van der Waals surface area contributed by atoms with Crippen LogP contribution in [0.1, 0.15) is 35.6 Å². The zero-order valence-corrected chi connectivity index (χ0v) is 21.1. The first kappa shape index (κ1) is 24.2. The number of hydrogen-bond donors (Lipinski definition) is 1. The molecule has 5 aromatic rings. The molecule has 0 amide bonds. The van der Waals surface area contributed by atoms with Crippen LogP contribution in [0.2, 0.25) is 0 Å². The van der Waals surface area contributed by atoms with Crippen molar-refractivity contribution < 1.29 is 14.6 Å². The van der Waals surface area contributed by atoms with Gasteiger partial charge in [-0.05, 0) is 82.3 Å². The lowest BCUT2D eigenvalue weighted by atomic mass is 9.87. The minimum atomic E-state index is -0.966. The minimum absolute atomic E-state index is 0.776. The molecule has 0 aliphatic rings. The molecule has 37 heavy (non-hydrogen) atoms. The summed E-state index contributed by atoms with van der Waals surface area (Å²) in [6, 6.07) is 32.3. The van der Waals surface area contributed by atoms with Crippen LogP contribution >= 0.6 is 11.3 Å². The maximum atomic E-state index is 10.9. The smallest absolute Gasteiger partial charge is 0.328 e. The average Bonchev–Trinajstić information content (AvgIpc) is 3.40. The van der Waals surface area contributed by atoms with Crippen molar-refractivity contribution in [1.29, 1.82) is 0 Å². The lowest BCUT2D eigenvalue weighted by Crippen LogP contribution is -1.96. The SMILES string of the molecule is CCC(=C(c1ccc(C=CC(=O)O)cc1)c1ccc2scnc2c1)c1cccc(Oc2ccccc2)c1. The van der Waals surface area contributed by atoms with E-state index < -0.39 is 5.97 Å². The molecule has 0 unspecified atom stereocenters. The van der Waals surface area contributed by atoms with E-state index in [9.17, 15) is 4.79 Å². The van der Waals surface area contributed by atoms with Gasteiger partial charge >= 0.3 is 5.97 Å². The molecule has 0 aliphatic carbocycles. The largest absolute Gasteiger partial charge is 0.478 e. The Morgan fingerprint density at radius 3 is 2.38 bits per heavy atom. The number of hydrogen-bond acceptors (Lipinski definition) is 4. The van der Waals surface area contributed by atoms with E-state index in [1.165, 1.54) is 5.57 Å². The van der Waals surface area contributed by atoms with E-state index >= 15 is 0 Å². The van der Waals surface area contributed by atoms with Gasteiger partial charge < -0.3 is 9.84 Å². The summed E-state index contributed by atoms with van der Waals surface area (Å²) in [6.07, 6.45) is 3.56.